The van der Waals surface area contributed by atoms with Crippen LogP contribution in [0.5, 0.6) is 0 Å². The number of piperidine rings is 1. The van der Waals surface area contributed by atoms with Gasteiger partial charge >= 0.3 is 0 Å². The molecule has 1 unspecified atom stereocenters. The van der Waals surface area contributed by atoms with Gasteiger partial charge in [0.15, 0.2) is 0 Å². The van der Waals surface area contributed by atoms with E-state index in [1.54, 1.807) is 6.20 Å². The number of amides is 1. The van der Waals surface area contributed by atoms with Crippen molar-refractivity contribution in [2.24, 2.45) is 0 Å². The molecule has 0 radical (unpaired) electrons. The number of rotatable bonds is 7. The first-order valence-corrected chi connectivity index (χ1v) is 18.0. The van der Waals surface area contributed by atoms with E-state index in [1.807, 2.05) is 18.2 Å². The van der Waals surface area contributed by atoms with Crippen LogP contribution >= 0.6 is 0 Å². The SMILES string of the molecule is O=C(C1=Cc2ccccc2-c2c(C3CCCCC3)c3ccc(C(O)NCc4ccccn4)cc3n2C1)N1CCC(N2CCOCC2)CC1. The van der Waals surface area contributed by atoms with Gasteiger partial charge < -0.3 is 19.3 Å². The van der Waals surface area contributed by atoms with Gasteiger partial charge in [0.05, 0.1) is 31.1 Å². The molecular formula is C40H47N5O3. The number of aromatic nitrogens is 2. The van der Waals surface area contributed by atoms with E-state index in [-0.39, 0.29) is 5.91 Å². The first kappa shape index (κ1) is 31.4. The van der Waals surface area contributed by atoms with Gasteiger partial charge in [-0.2, -0.15) is 0 Å². The highest BCUT2D eigenvalue weighted by Crippen LogP contribution is 2.47. The van der Waals surface area contributed by atoms with Crippen molar-refractivity contribution in [3.63, 3.8) is 0 Å². The fraction of sp³-hybridized carbons (Fsp3) is 0.450. The molecule has 48 heavy (non-hydrogen) atoms. The van der Waals surface area contributed by atoms with Crippen LogP contribution in [0.15, 0.2) is 72.4 Å². The maximum atomic E-state index is 14.4. The second-order valence-electron chi connectivity index (χ2n) is 14.0. The van der Waals surface area contributed by atoms with E-state index in [4.69, 9.17) is 4.74 Å². The van der Waals surface area contributed by atoms with Gasteiger partial charge in [0.25, 0.3) is 5.91 Å². The minimum atomic E-state index is -0.844. The molecule has 1 amide bonds. The maximum absolute atomic E-state index is 14.4. The van der Waals surface area contributed by atoms with Gasteiger partial charge in [0.2, 0.25) is 0 Å². The molecule has 2 aromatic carbocycles. The fourth-order valence-corrected chi connectivity index (χ4v) is 8.60. The number of nitrogens with one attached hydrogen (secondary N) is 1. The summed E-state index contributed by atoms with van der Waals surface area (Å²) < 4.78 is 7.98. The average Bonchev–Trinajstić information content (AvgIpc) is 3.37. The molecular weight excluding hydrogens is 598 g/mol. The molecule has 2 saturated heterocycles. The van der Waals surface area contributed by atoms with Crippen LogP contribution in [0.2, 0.25) is 0 Å². The van der Waals surface area contributed by atoms with Gasteiger partial charge in [-0.15, -0.1) is 0 Å². The molecule has 0 bridgehead atoms. The summed E-state index contributed by atoms with van der Waals surface area (Å²) in [5.41, 5.74) is 8.57. The molecule has 1 saturated carbocycles. The number of morpholine rings is 1. The zero-order valence-electron chi connectivity index (χ0n) is 27.8. The Morgan fingerprint density at radius 1 is 0.938 bits per heavy atom. The van der Waals surface area contributed by atoms with E-state index >= 15 is 0 Å². The number of hydrogen-bond acceptors (Lipinski definition) is 6. The quantitative estimate of drug-likeness (QED) is 0.231. The Kier molecular flexibility index (Phi) is 9.15. The Hall–Kier alpha value is -3.82. The summed E-state index contributed by atoms with van der Waals surface area (Å²) in [4.78, 5) is 23.4. The number of aliphatic hydroxyl groups is 1. The van der Waals surface area contributed by atoms with Gasteiger partial charge in [-0.3, -0.25) is 20.0 Å². The summed E-state index contributed by atoms with van der Waals surface area (Å²) in [6.07, 6.45) is 11.2. The Morgan fingerprint density at radius 2 is 1.73 bits per heavy atom. The lowest BCUT2D eigenvalue weighted by Gasteiger charge is -2.40. The second-order valence-corrected chi connectivity index (χ2v) is 14.0. The minimum Gasteiger partial charge on any atom is -0.379 e. The largest absolute Gasteiger partial charge is 0.379 e. The van der Waals surface area contributed by atoms with Gasteiger partial charge in [0.1, 0.15) is 6.23 Å². The van der Waals surface area contributed by atoms with Crippen LogP contribution in [0.4, 0.5) is 0 Å². The first-order valence-electron chi connectivity index (χ1n) is 18.0. The van der Waals surface area contributed by atoms with Gasteiger partial charge in [-0.05, 0) is 72.6 Å². The smallest absolute Gasteiger partial charge is 0.251 e. The van der Waals surface area contributed by atoms with E-state index in [0.717, 1.165) is 80.1 Å². The molecule has 1 aliphatic carbocycles. The van der Waals surface area contributed by atoms with Crippen molar-refractivity contribution in [2.75, 3.05) is 39.4 Å². The monoisotopic (exact) mass is 645 g/mol. The van der Waals surface area contributed by atoms with Gasteiger partial charge in [0, 0.05) is 67.0 Å². The molecule has 4 aliphatic rings. The highest BCUT2D eigenvalue weighted by Gasteiger charge is 2.33. The molecule has 2 aromatic heterocycles. The van der Waals surface area contributed by atoms with Crippen molar-refractivity contribution in [3.05, 3.63) is 94.8 Å². The van der Waals surface area contributed by atoms with Gasteiger partial charge in [-0.25, -0.2) is 0 Å². The van der Waals surface area contributed by atoms with E-state index < -0.39 is 6.23 Å². The predicted octanol–water partition coefficient (Wildman–Crippen LogP) is 6.25. The summed E-state index contributed by atoms with van der Waals surface area (Å²) >= 11 is 0. The van der Waals surface area contributed by atoms with Crippen LogP contribution in [0, 0.1) is 0 Å². The lowest BCUT2D eigenvalue weighted by atomic mass is 9.81. The number of carbonyl (C=O) groups excluding carboxylic acids is 1. The number of benzene rings is 2. The fourth-order valence-electron chi connectivity index (χ4n) is 8.60. The summed E-state index contributed by atoms with van der Waals surface area (Å²) in [6.45, 7) is 6.13. The average molecular weight is 646 g/mol. The highest BCUT2D eigenvalue weighted by atomic mass is 16.5. The van der Waals surface area contributed by atoms with Crippen LogP contribution in [-0.4, -0.2) is 75.8 Å². The minimum absolute atomic E-state index is 0.146. The topological polar surface area (TPSA) is 82.9 Å². The Morgan fingerprint density at radius 3 is 2.52 bits per heavy atom. The molecule has 1 atom stereocenters. The number of hydrogen-bond donors (Lipinski definition) is 2. The van der Waals surface area contributed by atoms with Crippen LogP contribution in [0.25, 0.3) is 28.2 Å². The van der Waals surface area contributed by atoms with Crippen molar-refractivity contribution in [1.82, 2.24) is 24.7 Å². The van der Waals surface area contributed by atoms with Crippen molar-refractivity contribution in [3.8, 4) is 11.3 Å². The van der Waals surface area contributed by atoms with Crippen molar-refractivity contribution >= 4 is 22.9 Å². The van der Waals surface area contributed by atoms with Crippen molar-refractivity contribution in [1.29, 1.82) is 0 Å². The number of aliphatic hydroxyl groups excluding tert-OH is 1. The highest BCUT2D eigenvalue weighted by molar-refractivity contribution is 6.02. The van der Waals surface area contributed by atoms with E-state index in [2.05, 4.69) is 73.2 Å². The van der Waals surface area contributed by atoms with E-state index in [0.29, 0.717) is 25.0 Å². The Balaban J connectivity index is 1.15. The third kappa shape index (κ3) is 6.23. The molecule has 3 aliphatic heterocycles. The lowest BCUT2D eigenvalue weighted by molar-refractivity contribution is -0.129. The third-order valence-corrected chi connectivity index (χ3v) is 11.1. The first-order chi connectivity index (χ1) is 23.6. The van der Waals surface area contributed by atoms with Crippen molar-refractivity contribution < 1.29 is 14.6 Å². The molecule has 8 heteroatoms. The standard InChI is InChI=1S/C40H47N5O3/c46-39(42-26-32-11-6-7-17-41-32)30-13-14-35-36(25-30)45-27-31(40(47)44-18-15-33(16-19-44)43-20-22-48-23-21-43)24-29-10-4-5-12-34(29)38(45)37(35)28-8-2-1-3-9-28/h4-7,10-14,17,24-25,28,33,39,42,46H,1-3,8-9,15-16,18-23,26-27H2. The van der Waals surface area contributed by atoms with Crippen LogP contribution < -0.4 is 5.32 Å². The maximum Gasteiger partial charge on any atom is 0.251 e. The summed E-state index contributed by atoms with van der Waals surface area (Å²) in [5, 5.41) is 15.8. The van der Waals surface area contributed by atoms with Crippen LogP contribution in [0.1, 0.15) is 79.5 Å². The molecule has 3 fully saturated rings. The van der Waals surface area contributed by atoms with Crippen molar-refractivity contribution in [2.45, 2.75) is 76.2 Å². The predicted molar refractivity (Wildman–Crippen MR) is 189 cm³/mol. The molecule has 0 spiro atoms. The number of likely N-dealkylation sites (tertiary alicyclic amines) is 1. The second kappa shape index (κ2) is 14.0. The number of pyridine rings is 1. The number of carbonyl (C=O) groups is 1. The van der Waals surface area contributed by atoms with E-state index in [9.17, 15) is 9.90 Å². The Labute approximate surface area is 283 Å². The molecule has 2 N–H and O–H groups in total. The Bertz CT molecular complexity index is 1780. The number of fused-ring (bicyclic) bond motifs is 5. The molecule has 5 heterocycles. The normalized spacial score (nSPS) is 20.2. The number of ether oxygens (including phenoxy) is 1. The van der Waals surface area contributed by atoms with Gasteiger partial charge in [-0.1, -0.05) is 61.7 Å². The van der Waals surface area contributed by atoms with E-state index in [1.165, 1.54) is 54.3 Å². The zero-order valence-corrected chi connectivity index (χ0v) is 27.8. The molecule has 8 nitrogen and oxygen atoms in total. The molecule has 250 valence electrons. The zero-order chi connectivity index (χ0) is 32.5. The summed E-state index contributed by atoms with van der Waals surface area (Å²) in [6, 6.07) is 21.4. The molecule has 4 aromatic rings. The van der Waals surface area contributed by atoms with Crippen LogP contribution in [-0.2, 0) is 22.6 Å². The summed E-state index contributed by atoms with van der Waals surface area (Å²) in [7, 11) is 0. The summed E-state index contributed by atoms with van der Waals surface area (Å²) in [5.74, 6) is 0.618. The molecule has 8 rings (SSSR count). The lowest BCUT2D eigenvalue weighted by Crippen LogP contribution is -2.50. The number of nitrogens with zero attached hydrogens (tertiary/aromatic N) is 4. The third-order valence-electron chi connectivity index (χ3n) is 11.1. The van der Waals surface area contributed by atoms with Crippen LogP contribution in [0.3, 0.4) is 0 Å².